The number of aliphatic imine (C=N–C) groups is 1. The summed E-state index contributed by atoms with van der Waals surface area (Å²) in [5.41, 5.74) is 0. The van der Waals surface area contributed by atoms with Gasteiger partial charge in [0.2, 0.25) is 0 Å². The molecule has 1 heterocycles. The quantitative estimate of drug-likeness (QED) is 0.501. The van der Waals surface area contributed by atoms with Crippen LogP contribution in [-0.4, -0.2) is 30.1 Å². The predicted octanol–water partition coefficient (Wildman–Crippen LogP) is -0.502. The van der Waals surface area contributed by atoms with Crippen LogP contribution in [0.5, 0.6) is 0 Å². The molecule has 1 N–H and O–H groups in total. The molecule has 0 aliphatic carbocycles. The Hall–Kier alpha value is -1.06. The van der Waals surface area contributed by atoms with Crippen molar-refractivity contribution in [3.05, 3.63) is 0 Å². The third kappa shape index (κ3) is 0.776. The summed E-state index contributed by atoms with van der Waals surface area (Å²) < 4.78 is 4.55. The fraction of sp³-hybridized carbons (Fsp3) is 0.500. The van der Waals surface area contributed by atoms with Gasteiger partial charge >= 0.3 is 5.97 Å². The molecule has 0 aromatic rings. The van der Waals surface area contributed by atoms with Gasteiger partial charge in [-0.1, -0.05) is 0 Å². The number of hydrogen-bond acceptors (Lipinski definition) is 3. The Morgan fingerprint density at radius 3 is 3.00 bits per heavy atom. The fourth-order valence-electron chi connectivity index (χ4n) is 0.429. The summed E-state index contributed by atoms with van der Waals surface area (Å²) in [4.78, 5) is 13.5. The first-order valence-electron chi connectivity index (χ1n) is 2.17. The molecule has 4 heteroatoms. The van der Waals surface area contributed by atoms with Crippen LogP contribution in [0.3, 0.4) is 0 Å². The topological polar surface area (TPSA) is 58.9 Å². The lowest BCUT2D eigenvalue weighted by atomic mass is 10.3. The van der Waals surface area contributed by atoms with Crippen LogP contribution in [0, 0.1) is 0 Å². The summed E-state index contributed by atoms with van der Waals surface area (Å²) in [6.07, 6.45) is 1.17. The van der Waals surface area contributed by atoms with Crippen molar-refractivity contribution in [2.75, 3.05) is 6.61 Å². The third-order valence-electron chi connectivity index (χ3n) is 0.854. The van der Waals surface area contributed by atoms with Crippen LogP contribution < -0.4 is 0 Å². The maximum absolute atomic E-state index is 10.0. The Balaban J connectivity index is 2.48. The van der Waals surface area contributed by atoms with Crippen molar-refractivity contribution in [2.45, 2.75) is 6.04 Å². The van der Waals surface area contributed by atoms with Gasteiger partial charge in [0.15, 0.2) is 12.4 Å². The molecule has 1 aliphatic rings. The minimum Gasteiger partial charge on any atom is -0.481 e. The number of hydrogen-bond donors (Lipinski definition) is 1. The Bertz CT molecular complexity index is 131. The van der Waals surface area contributed by atoms with E-state index < -0.39 is 12.0 Å². The lowest BCUT2D eigenvalue weighted by Gasteiger charge is -1.93. The van der Waals surface area contributed by atoms with Gasteiger partial charge in [-0.3, -0.25) is 0 Å². The van der Waals surface area contributed by atoms with Crippen molar-refractivity contribution < 1.29 is 14.6 Å². The lowest BCUT2D eigenvalue weighted by Crippen LogP contribution is -2.18. The van der Waals surface area contributed by atoms with E-state index in [4.69, 9.17) is 5.11 Å². The summed E-state index contributed by atoms with van der Waals surface area (Å²) in [5.74, 6) is -0.932. The molecule has 1 rings (SSSR count). The van der Waals surface area contributed by atoms with E-state index in [0.29, 0.717) is 0 Å². The SMILES string of the molecule is O=C(O)C1COC=N1. The van der Waals surface area contributed by atoms with Gasteiger partial charge < -0.3 is 9.84 Å². The van der Waals surface area contributed by atoms with E-state index in [-0.39, 0.29) is 6.61 Å². The molecule has 0 aromatic heterocycles. The molecular weight excluding hydrogens is 110 g/mol. The second-order valence-electron chi connectivity index (χ2n) is 1.44. The molecule has 0 saturated heterocycles. The van der Waals surface area contributed by atoms with Gasteiger partial charge in [-0.25, -0.2) is 9.79 Å². The van der Waals surface area contributed by atoms with Crippen LogP contribution in [0.2, 0.25) is 0 Å². The van der Waals surface area contributed by atoms with E-state index in [2.05, 4.69) is 9.73 Å². The minimum absolute atomic E-state index is 0.176. The highest BCUT2D eigenvalue weighted by atomic mass is 16.5. The molecule has 8 heavy (non-hydrogen) atoms. The largest absolute Gasteiger partial charge is 0.481 e. The van der Waals surface area contributed by atoms with Crippen LogP contribution in [0.1, 0.15) is 0 Å². The van der Waals surface area contributed by atoms with Crippen molar-refractivity contribution in [1.82, 2.24) is 0 Å². The van der Waals surface area contributed by atoms with E-state index in [9.17, 15) is 4.79 Å². The summed E-state index contributed by atoms with van der Waals surface area (Å²) in [5, 5.41) is 8.22. The average Bonchev–Trinajstić information content (AvgIpc) is 2.12. The fourth-order valence-corrected chi connectivity index (χ4v) is 0.429. The summed E-state index contributed by atoms with van der Waals surface area (Å²) in [6.45, 7) is 0.176. The lowest BCUT2D eigenvalue weighted by molar-refractivity contribution is -0.138. The molecular formula is C4H5NO3. The first-order valence-corrected chi connectivity index (χ1v) is 2.17. The molecule has 1 unspecified atom stereocenters. The molecule has 0 fully saturated rings. The molecule has 0 aromatic carbocycles. The zero-order valence-corrected chi connectivity index (χ0v) is 4.07. The van der Waals surface area contributed by atoms with Crippen LogP contribution in [-0.2, 0) is 9.53 Å². The summed E-state index contributed by atoms with van der Waals surface area (Å²) in [6, 6.07) is -0.671. The van der Waals surface area contributed by atoms with Crippen LogP contribution in [0.25, 0.3) is 0 Å². The highest BCUT2D eigenvalue weighted by molar-refractivity contribution is 5.76. The molecule has 1 aliphatic heterocycles. The number of rotatable bonds is 1. The second-order valence-corrected chi connectivity index (χ2v) is 1.44. The van der Waals surface area contributed by atoms with Crippen molar-refractivity contribution >= 4 is 12.4 Å². The number of carboxylic acid groups (broad SMARTS) is 1. The predicted molar refractivity (Wildman–Crippen MR) is 25.9 cm³/mol. The second kappa shape index (κ2) is 1.81. The molecule has 1 atom stereocenters. The van der Waals surface area contributed by atoms with Crippen LogP contribution in [0.4, 0.5) is 0 Å². The van der Waals surface area contributed by atoms with Gasteiger partial charge in [-0.05, 0) is 0 Å². The third-order valence-corrected chi connectivity index (χ3v) is 0.854. The van der Waals surface area contributed by atoms with Crippen molar-refractivity contribution in [2.24, 2.45) is 4.99 Å². The Morgan fingerprint density at radius 2 is 2.75 bits per heavy atom. The van der Waals surface area contributed by atoms with E-state index >= 15 is 0 Å². The van der Waals surface area contributed by atoms with Crippen LogP contribution in [0.15, 0.2) is 4.99 Å². The highest BCUT2D eigenvalue weighted by Gasteiger charge is 2.18. The molecule has 0 bridgehead atoms. The van der Waals surface area contributed by atoms with Gasteiger partial charge in [-0.15, -0.1) is 0 Å². The Labute approximate surface area is 45.8 Å². The highest BCUT2D eigenvalue weighted by Crippen LogP contribution is 1.96. The molecule has 0 saturated carbocycles. The van der Waals surface area contributed by atoms with Crippen molar-refractivity contribution in [3.63, 3.8) is 0 Å². The Kier molecular flexibility index (Phi) is 1.15. The smallest absolute Gasteiger partial charge is 0.332 e. The average molecular weight is 115 g/mol. The molecule has 0 amide bonds. The standard InChI is InChI=1S/C4H5NO3/c6-4(7)3-1-8-2-5-3/h2-3H,1H2,(H,6,7). The maximum atomic E-state index is 10.0. The summed E-state index contributed by atoms with van der Waals surface area (Å²) >= 11 is 0. The summed E-state index contributed by atoms with van der Waals surface area (Å²) in [7, 11) is 0. The van der Waals surface area contributed by atoms with E-state index in [1.165, 1.54) is 6.40 Å². The zero-order chi connectivity index (χ0) is 5.98. The molecule has 44 valence electrons. The van der Waals surface area contributed by atoms with Crippen molar-refractivity contribution in [1.29, 1.82) is 0 Å². The van der Waals surface area contributed by atoms with E-state index in [0.717, 1.165) is 0 Å². The van der Waals surface area contributed by atoms with Gasteiger partial charge in [0.05, 0.1) is 0 Å². The number of carbonyl (C=O) groups is 1. The van der Waals surface area contributed by atoms with Gasteiger partial charge in [0, 0.05) is 0 Å². The van der Waals surface area contributed by atoms with Gasteiger partial charge in [-0.2, -0.15) is 0 Å². The Morgan fingerprint density at radius 1 is 2.00 bits per heavy atom. The van der Waals surface area contributed by atoms with Gasteiger partial charge in [0.25, 0.3) is 0 Å². The molecule has 4 nitrogen and oxygen atoms in total. The maximum Gasteiger partial charge on any atom is 0.332 e. The number of aliphatic carboxylic acids is 1. The van der Waals surface area contributed by atoms with Crippen LogP contribution >= 0.6 is 0 Å². The zero-order valence-electron chi connectivity index (χ0n) is 4.07. The number of ether oxygens (including phenoxy) is 1. The van der Waals surface area contributed by atoms with E-state index in [1.54, 1.807) is 0 Å². The van der Waals surface area contributed by atoms with E-state index in [1.807, 2.05) is 0 Å². The van der Waals surface area contributed by atoms with Gasteiger partial charge in [0.1, 0.15) is 6.61 Å². The number of nitrogens with zero attached hydrogens (tertiary/aromatic N) is 1. The first kappa shape index (κ1) is 5.08. The van der Waals surface area contributed by atoms with Crippen molar-refractivity contribution in [3.8, 4) is 0 Å². The number of carboxylic acids is 1. The monoisotopic (exact) mass is 115 g/mol. The normalized spacial score (nSPS) is 25.2. The molecule has 0 spiro atoms. The molecule has 0 radical (unpaired) electrons. The first-order chi connectivity index (χ1) is 3.80. The minimum atomic E-state index is -0.932.